The number of amides is 1. The first-order valence-corrected chi connectivity index (χ1v) is 5.62. The normalized spacial score (nSPS) is 9.71. The molecule has 0 aliphatic heterocycles. The van der Waals surface area contributed by atoms with E-state index in [2.05, 4.69) is 5.92 Å². The largest absolute Gasteiger partial charge is 0.508 e. The molecule has 1 rings (SSSR count). The van der Waals surface area contributed by atoms with Crippen LogP contribution in [0.1, 0.15) is 29.3 Å². The Hall–Kier alpha value is -1.95. The van der Waals surface area contributed by atoms with Gasteiger partial charge in [-0.05, 0) is 37.1 Å². The summed E-state index contributed by atoms with van der Waals surface area (Å²) in [5.74, 6) is 2.59. The zero-order valence-corrected chi connectivity index (χ0v) is 10.2. The molecule has 3 nitrogen and oxygen atoms in total. The van der Waals surface area contributed by atoms with Crippen molar-refractivity contribution in [2.24, 2.45) is 0 Å². The van der Waals surface area contributed by atoms with Crippen molar-refractivity contribution in [2.45, 2.75) is 20.3 Å². The van der Waals surface area contributed by atoms with Crippen LogP contribution in [0.25, 0.3) is 0 Å². The van der Waals surface area contributed by atoms with E-state index < -0.39 is 0 Å². The fraction of sp³-hybridized carbons (Fsp3) is 0.357. The number of aryl methyl sites for hydroxylation is 1. The summed E-state index contributed by atoms with van der Waals surface area (Å²) in [6, 6.07) is 4.82. The van der Waals surface area contributed by atoms with E-state index in [4.69, 9.17) is 6.42 Å². The van der Waals surface area contributed by atoms with Gasteiger partial charge in [-0.2, -0.15) is 0 Å². The molecule has 0 aromatic heterocycles. The standard InChI is InChI=1S/C14H17NO2/c1-4-8-15(9-5-2)14(17)12-6-7-13(16)11(3)10-12/h1,6-7,10,16H,5,8-9H2,2-3H3. The number of carbonyl (C=O) groups is 1. The van der Waals surface area contributed by atoms with E-state index in [1.165, 1.54) is 6.07 Å². The molecule has 0 atom stereocenters. The summed E-state index contributed by atoms with van der Waals surface area (Å²) in [5.41, 5.74) is 1.25. The van der Waals surface area contributed by atoms with E-state index >= 15 is 0 Å². The zero-order valence-electron chi connectivity index (χ0n) is 10.2. The van der Waals surface area contributed by atoms with Crippen LogP contribution in [0.4, 0.5) is 0 Å². The van der Waals surface area contributed by atoms with Crippen molar-refractivity contribution in [1.29, 1.82) is 0 Å². The van der Waals surface area contributed by atoms with Crippen LogP contribution in [0.2, 0.25) is 0 Å². The van der Waals surface area contributed by atoms with Crippen LogP contribution in [0.3, 0.4) is 0 Å². The highest BCUT2D eigenvalue weighted by molar-refractivity contribution is 5.94. The third-order valence-corrected chi connectivity index (χ3v) is 2.51. The van der Waals surface area contributed by atoms with Gasteiger partial charge in [-0.3, -0.25) is 4.79 Å². The van der Waals surface area contributed by atoms with Crippen LogP contribution in [-0.4, -0.2) is 29.0 Å². The number of phenolic OH excluding ortho intramolecular Hbond substituents is 1. The highest BCUT2D eigenvalue weighted by atomic mass is 16.3. The van der Waals surface area contributed by atoms with Gasteiger partial charge in [-0.1, -0.05) is 12.8 Å². The Kier molecular flexibility index (Phi) is 4.59. The van der Waals surface area contributed by atoms with Crippen LogP contribution in [-0.2, 0) is 0 Å². The summed E-state index contributed by atoms with van der Waals surface area (Å²) in [7, 11) is 0. The molecule has 17 heavy (non-hydrogen) atoms. The molecule has 0 spiro atoms. The minimum absolute atomic E-state index is 0.0899. The SMILES string of the molecule is C#CCN(CCC)C(=O)c1ccc(O)c(C)c1. The van der Waals surface area contributed by atoms with Crippen molar-refractivity contribution >= 4 is 5.91 Å². The van der Waals surface area contributed by atoms with Crippen LogP contribution in [0.5, 0.6) is 5.75 Å². The van der Waals surface area contributed by atoms with Gasteiger partial charge in [0.05, 0.1) is 6.54 Å². The Morgan fingerprint density at radius 2 is 2.24 bits per heavy atom. The average molecular weight is 231 g/mol. The lowest BCUT2D eigenvalue weighted by Crippen LogP contribution is -2.32. The number of carbonyl (C=O) groups excluding carboxylic acids is 1. The third-order valence-electron chi connectivity index (χ3n) is 2.51. The quantitative estimate of drug-likeness (QED) is 0.807. The highest BCUT2D eigenvalue weighted by Crippen LogP contribution is 2.18. The molecule has 0 unspecified atom stereocenters. The van der Waals surface area contributed by atoms with Crippen LogP contribution < -0.4 is 0 Å². The van der Waals surface area contributed by atoms with Gasteiger partial charge in [0.25, 0.3) is 5.91 Å². The Morgan fingerprint density at radius 3 is 2.76 bits per heavy atom. The number of hydrogen-bond donors (Lipinski definition) is 1. The second kappa shape index (κ2) is 5.95. The van der Waals surface area contributed by atoms with Crippen molar-refractivity contribution in [2.75, 3.05) is 13.1 Å². The van der Waals surface area contributed by atoms with Crippen LogP contribution in [0.15, 0.2) is 18.2 Å². The second-order valence-corrected chi connectivity index (χ2v) is 3.93. The zero-order chi connectivity index (χ0) is 12.8. The number of aromatic hydroxyl groups is 1. The molecule has 0 bridgehead atoms. The summed E-state index contributed by atoms with van der Waals surface area (Å²) in [4.78, 5) is 13.8. The molecule has 3 heteroatoms. The van der Waals surface area contributed by atoms with Gasteiger partial charge in [0.15, 0.2) is 0 Å². The molecule has 0 aliphatic rings. The van der Waals surface area contributed by atoms with Crippen molar-refractivity contribution in [3.63, 3.8) is 0 Å². The van der Waals surface area contributed by atoms with E-state index in [1.807, 2.05) is 6.92 Å². The number of phenols is 1. The summed E-state index contributed by atoms with van der Waals surface area (Å²) >= 11 is 0. The summed E-state index contributed by atoms with van der Waals surface area (Å²) in [5, 5.41) is 9.41. The molecule has 0 saturated carbocycles. The van der Waals surface area contributed by atoms with Crippen molar-refractivity contribution in [3.8, 4) is 18.1 Å². The summed E-state index contributed by atoms with van der Waals surface area (Å²) in [6.07, 6.45) is 6.11. The maximum atomic E-state index is 12.1. The van der Waals surface area contributed by atoms with Gasteiger partial charge >= 0.3 is 0 Å². The molecule has 0 aliphatic carbocycles. The molecule has 1 N–H and O–H groups in total. The molecule has 0 heterocycles. The van der Waals surface area contributed by atoms with Crippen LogP contribution >= 0.6 is 0 Å². The first-order valence-electron chi connectivity index (χ1n) is 5.62. The second-order valence-electron chi connectivity index (χ2n) is 3.93. The molecule has 1 amide bonds. The maximum Gasteiger partial charge on any atom is 0.254 e. The minimum atomic E-state index is -0.0899. The minimum Gasteiger partial charge on any atom is -0.508 e. The van der Waals surface area contributed by atoms with E-state index in [-0.39, 0.29) is 11.7 Å². The maximum absolute atomic E-state index is 12.1. The molecule has 0 saturated heterocycles. The number of benzene rings is 1. The van der Waals surface area contributed by atoms with Gasteiger partial charge in [0.1, 0.15) is 5.75 Å². The summed E-state index contributed by atoms with van der Waals surface area (Å²) < 4.78 is 0. The number of rotatable bonds is 4. The molecule has 0 fully saturated rings. The lowest BCUT2D eigenvalue weighted by atomic mass is 10.1. The molecular formula is C14H17NO2. The molecule has 0 radical (unpaired) electrons. The molecule has 1 aromatic rings. The fourth-order valence-corrected chi connectivity index (χ4v) is 1.60. The predicted molar refractivity (Wildman–Crippen MR) is 67.9 cm³/mol. The van der Waals surface area contributed by atoms with E-state index in [9.17, 15) is 9.90 Å². The fourth-order valence-electron chi connectivity index (χ4n) is 1.60. The highest BCUT2D eigenvalue weighted by Gasteiger charge is 2.14. The van der Waals surface area contributed by atoms with Crippen molar-refractivity contribution in [3.05, 3.63) is 29.3 Å². The Morgan fingerprint density at radius 1 is 1.53 bits per heavy atom. The third kappa shape index (κ3) is 3.25. The number of terminal acetylenes is 1. The van der Waals surface area contributed by atoms with Crippen molar-refractivity contribution < 1.29 is 9.90 Å². The number of hydrogen-bond acceptors (Lipinski definition) is 2. The monoisotopic (exact) mass is 231 g/mol. The lowest BCUT2D eigenvalue weighted by molar-refractivity contribution is 0.0777. The van der Waals surface area contributed by atoms with Gasteiger partial charge in [0.2, 0.25) is 0 Å². The first-order chi connectivity index (χ1) is 8.10. The average Bonchev–Trinajstić information content (AvgIpc) is 2.31. The van der Waals surface area contributed by atoms with Gasteiger partial charge in [-0.25, -0.2) is 0 Å². The van der Waals surface area contributed by atoms with E-state index in [0.717, 1.165) is 6.42 Å². The summed E-state index contributed by atoms with van der Waals surface area (Å²) in [6.45, 7) is 4.71. The van der Waals surface area contributed by atoms with Crippen LogP contribution in [0, 0.1) is 19.3 Å². The Balaban J connectivity index is 2.93. The topological polar surface area (TPSA) is 40.5 Å². The predicted octanol–water partition coefficient (Wildman–Crippen LogP) is 2.19. The van der Waals surface area contributed by atoms with E-state index in [0.29, 0.717) is 24.2 Å². The number of nitrogens with zero attached hydrogens (tertiary/aromatic N) is 1. The smallest absolute Gasteiger partial charge is 0.254 e. The molecular weight excluding hydrogens is 214 g/mol. The Labute approximate surface area is 102 Å². The van der Waals surface area contributed by atoms with Gasteiger partial charge in [0, 0.05) is 12.1 Å². The molecule has 90 valence electrons. The van der Waals surface area contributed by atoms with Gasteiger partial charge in [-0.15, -0.1) is 6.42 Å². The molecule has 1 aromatic carbocycles. The first kappa shape index (κ1) is 13.1. The van der Waals surface area contributed by atoms with Crippen molar-refractivity contribution in [1.82, 2.24) is 4.90 Å². The van der Waals surface area contributed by atoms with Gasteiger partial charge < -0.3 is 10.0 Å². The lowest BCUT2D eigenvalue weighted by Gasteiger charge is -2.19. The Bertz CT molecular complexity index is 446. The van der Waals surface area contributed by atoms with E-state index in [1.54, 1.807) is 24.0 Å².